The van der Waals surface area contributed by atoms with Crippen LogP contribution in [0.2, 0.25) is 0 Å². The molecule has 2 unspecified atom stereocenters. The van der Waals surface area contributed by atoms with E-state index in [1.54, 1.807) is 18.2 Å². The van der Waals surface area contributed by atoms with Crippen LogP contribution in [0.1, 0.15) is 76.5 Å². The smallest absolute Gasteiger partial charge is 0.303 e. The lowest BCUT2D eigenvalue weighted by atomic mass is 9.83. The Morgan fingerprint density at radius 3 is 2.33 bits per heavy atom. The molecule has 3 aliphatic rings. The van der Waals surface area contributed by atoms with Crippen molar-refractivity contribution < 1.29 is 24.2 Å². The molecule has 0 bridgehead atoms. The minimum absolute atomic E-state index is 0.0328. The van der Waals surface area contributed by atoms with Gasteiger partial charge in [0.1, 0.15) is 17.1 Å². The molecular formula is C26H36N2O5. The van der Waals surface area contributed by atoms with Gasteiger partial charge < -0.3 is 19.5 Å². The third-order valence-corrected chi connectivity index (χ3v) is 7.00. The van der Waals surface area contributed by atoms with E-state index in [0.717, 1.165) is 58.3 Å². The van der Waals surface area contributed by atoms with E-state index in [2.05, 4.69) is 4.90 Å². The number of fused-ring (bicyclic) bond motifs is 1. The highest BCUT2D eigenvalue weighted by Crippen LogP contribution is 2.49. The van der Waals surface area contributed by atoms with E-state index in [-0.39, 0.29) is 23.7 Å². The third kappa shape index (κ3) is 5.03. The van der Waals surface area contributed by atoms with E-state index < -0.39 is 11.7 Å². The molecule has 0 spiro atoms. The predicted octanol–water partition coefficient (Wildman–Crippen LogP) is 4.05. The minimum atomic E-state index is -0.755. The normalized spacial score (nSPS) is 25.4. The van der Waals surface area contributed by atoms with Crippen molar-refractivity contribution in [3.8, 4) is 11.5 Å². The van der Waals surface area contributed by atoms with Gasteiger partial charge in [0.05, 0.1) is 11.6 Å². The van der Waals surface area contributed by atoms with Crippen molar-refractivity contribution in [2.75, 3.05) is 26.2 Å². The summed E-state index contributed by atoms with van der Waals surface area (Å²) in [4.78, 5) is 28.8. The third-order valence-electron chi connectivity index (χ3n) is 7.00. The van der Waals surface area contributed by atoms with Crippen LogP contribution < -0.4 is 4.74 Å². The lowest BCUT2D eigenvalue weighted by molar-refractivity contribution is -0.170. The number of carbonyl (C=O) groups excluding carboxylic acids is 2. The molecule has 0 aromatic heterocycles. The number of nitrogens with zero attached hydrogens (tertiary/aromatic N) is 2. The second kappa shape index (κ2) is 9.75. The highest BCUT2D eigenvalue weighted by molar-refractivity contribution is 5.92. The van der Waals surface area contributed by atoms with Crippen LogP contribution in [0.15, 0.2) is 18.2 Å². The van der Waals surface area contributed by atoms with Crippen LogP contribution in [-0.4, -0.2) is 64.7 Å². The van der Waals surface area contributed by atoms with Gasteiger partial charge in [-0.3, -0.25) is 14.5 Å². The van der Waals surface area contributed by atoms with Gasteiger partial charge in [0, 0.05) is 31.7 Å². The lowest BCUT2D eigenvalue weighted by Gasteiger charge is -2.48. The van der Waals surface area contributed by atoms with E-state index in [1.807, 2.05) is 24.8 Å². The van der Waals surface area contributed by atoms with Crippen LogP contribution in [0.3, 0.4) is 0 Å². The molecule has 33 heavy (non-hydrogen) atoms. The summed E-state index contributed by atoms with van der Waals surface area (Å²) in [6.07, 6.45) is 9.17. The summed E-state index contributed by atoms with van der Waals surface area (Å²) in [6, 6.07) is 3.31. The molecule has 1 N–H and O–H groups in total. The van der Waals surface area contributed by atoms with Gasteiger partial charge in [-0.15, -0.1) is 0 Å². The average Bonchev–Trinajstić information content (AvgIpc) is 2.80. The Hall–Kier alpha value is -2.54. The fourth-order valence-electron chi connectivity index (χ4n) is 5.33. The van der Waals surface area contributed by atoms with Crippen molar-refractivity contribution in [3.63, 3.8) is 0 Å². The summed E-state index contributed by atoms with van der Waals surface area (Å²) in [5, 5.41) is 11.4. The van der Waals surface area contributed by atoms with Crippen LogP contribution in [-0.2, 0) is 14.3 Å². The molecule has 7 nitrogen and oxygen atoms in total. The quantitative estimate of drug-likeness (QED) is 0.544. The molecule has 2 saturated heterocycles. The van der Waals surface area contributed by atoms with Gasteiger partial charge in [-0.25, -0.2) is 0 Å². The number of piperidine rings is 2. The van der Waals surface area contributed by atoms with Crippen molar-refractivity contribution in [3.05, 3.63) is 29.3 Å². The number of rotatable bonds is 4. The monoisotopic (exact) mass is 456 g/mol. The number of phenols is 1. The average molecular weight is 457 g/mol. The number of amides is 1. The number of carbonyl (C=O) groups is 2. The number of esters is 1. The summed E-state index contributed by atoms with van der Waals surface area (Å²) in [5.41, 5.74) is 0.440. The summed E-state index contributed by atoms with van der Waals surface area (Å²) < 4.78 is 12.1. The lowest BCUT2D eigenvalue weighted by Crippen LogP contribution is -2.56. The van der Waals surface area contributed by atoms with E-state index in [0.29, 0.717) is 16.9 Å². The number of hydrogen-bond donors (Lipinski definition) is 1. The van der Waals surface area contributed by atoms with Gasteiger partial charge >= 0.3 is 5.97 Å². The SMILES string of the molecule is CC(=O)OC1C(N2CCCCC2)c2c(ccc(/C=C/C(=O)N3CCCCC3)c2O)OC1(C)C. The maximum atomic E-state index is 12.6. The molecule has 3 heterocycles. The second-order valence-corrected chi connectivity index (χ2v) is 9.91. The molecular weight excluding hydrogens is 420 g/mol. The maximum absolute atomic E-state index is 12.6. The van der Waals surface area contributed by atoms with E-state index >= 15 is 0 Å². The Morgan fingerprint density at radius 2 is 1.70 bits per heavy atom. The van der Waals surface area contributed by atoms with Gasteiger partial charge in [0.2, 0.25) is 5.91 Å². The molecule has 1 amide bonds. The van der Waals surface area contributed by atoms with Crippen LogP contribution in [0.5, 0.6) is 11.5 Å². The standard InChI is InChI=1S/C26H36N2O5/c1-18(29)32-25-23(28-16-8-5-9-17-28)22-20(33-26(25,2)3)12-10-19(24(22)31)11-13-21(30)27-14-6-4-7-15-27/h10-13,23,25,31H,4-9,14-17H2,1-3H3/b13-11+. The fourth-order valence-corrected chi connectivity index (χ4v) is 5.33. The van der Waals surface area contributed by atoms with E-state index in [4.69, 9.17) is 9.47 Å². The van der Waals surface area contributed by atoms with Crippen molar-refractivity contribution >= 4 is 18.0 Å². The molecule has 0 aliphatic carbocycles. The molecule has 180 valence electrons. The molecule has 2 fully saturated rings. The number of benzene rings is 1. The Bertz CT molecular complexity index is 914. The molecule has 1 aromatic carbocycles. The zero-order valence-corrected chi connectivity index (χ0v) is 20.0. The summed E-state index contributed by atoms with van der Waals surface area (Å²) in [6.45, 7) is 8.54. The van der Waals surface area contributed by atoms with Gasteiger partial charge in [-0.2, -0.15) is 0 Å². The van der Waals surface area contributed by atoms with E-state index in [9.17, 15) is 14.7 Å². The predicted molar refractivity (Wildman–Crippen MR) is 126 cm³/mol. The van der Waals surface area contributed by atoms with Crippen molar-refractivity contribution in [1.29, 1.82) is 0 Å². The first-order valence-electron chi connectivity index (χ1n) is 12.2. The molecule has 7 heteroatoms. The largest absolute Gasteiger partial charge is 0.507 e. The highest BCUT2D eigenvalue weighted by Gasteiger charge is 2.50. The number of ether oxygens (including phenoxy) is 2. The number of aromatic hydroxyl groups is 1. The Morgan fingerprint density at radius 1 is 1.06 bits per heavy atom. The van der Waals surface area contributed by atoms with E-state index in [1.165, 1.54) is 13.3 Å². The van der Waals surface area contributed by atoms with Crippen LogP contribution >= 0.6 is 0 Å². The molecule has 3 aliphatic heterocycles. The zero-order valence-electron chi connectivity index (χ0n) is 20.0. The minimum Gasteiger partial charge on any atom is -0.507 e. The van der Waals surface area contributed by atoms with Gasteiger partial charge in [-0.05, 0) is 77.2 Å². The van der Waals surface area contributed by atoms with Crippen molar-refractivity contribution in [2.45, 2.75) is 77.0 Å². The van der Waals surface area contributed by atoms with Gasteiger partial charge in [-0.1, -0.05) is 6.42 Å². The Labute approximate surface area is 196 Å². The summed E-state index contributed by atoms with van der Waals surface area (Å²) >= 11 is 0. The maximum Gasteiger partial charge on any atom is 0.303 e. The molecule has 0 radical (unpaired) electrons. The Kier molecular flexibility index (Phi) is 6.98. The van der Waals surface area contributed by atoms with Crippen LogP contribution in [0.4, 0.5) is 0 Å². The number of phenolic OH excluding ortho intramolecular Hbond substituents is 1. The zero-order chi connectivity index (χ0) is 23.6. The molecule has 2 atom stereocenters. The highest BCUT2D eigenvalue weighted by atomic mass is 16.6. The number of likely N-dealkylation sites (tertiary alicyclic amines) is 2. The second-order valence-electron chi connectivity index (χ2n) is 9.91. The summed E-state index contributed by atoms with van der Waals surface area (Å²) in [7, 11) is 0. The molecule has 0 saturated carbocycles. The first kappa shape index (κ1) is 23.6. The van der Waals surface area contributed by atoms with Gasteiger partial charge in [0.25, 0.3) is 0 Å². The molecule has 1 aromatic rings. The topological polar surface area (TPSA) is 79.3 Å². The van der Waals surface area contributed by atoms with Crippen LogP contribution in [0.25, 0.3) is 6.08 Å². The summed E-state index contributed by atoms with van der Waals surface area (Å²) in [5.74, 6) is 0.272. The van der Waals surface area contributed by atoms with Gasteiger partial charge in [0.15, 0.2) is 6.10 Å². The number of hydrogen-bond acceptors (Lipinski definition) is 6. The van der Waals surface area contributed by atoms with Crippen molar-refractivity contribution in [2.24, 2.45) is 0 Å². The fraction of sp³-hybridized carbons (Fsp3) is 0.615. The van der Waals surface area contributed by atoms with Crippen molar-refractivity contribution in [1.82, 2.24) is 9.80 Å². The molecule has 4 rings (SSSR count). The van der Waals surface area contributed by atoms with Crippen LogP contribution in [0, 0.1) is 0 Å². The Balaban J connectivity index is 1.70. The first-order chi connectivity index (χ1) is 15.8. The first-order valence-corrected chi connectivity index (χ1v) is 12.2.